The Morgan fingerprint density at radius 2 is 2.07 bits per heavy atom. The number of nitrogens with one attached hydrogen (secondary N) is 2. The number of aromatic amines is 1. The molecule has 2 aliphatic heterocycles. The predicted molar refractivity (Wildman–Crippen MR) is 111 cm³/mol. The summed E-state index contributed by atoms with van der Waals surface area (Å²) in [6.45, 7) is 6.26. The smallest absolute Gasteiger partial charge is 0.225 e. The van der Waals surface area contributed by atoms with Crippen molar-refractivity contribution in [2.75, 3.05) is 45.9 Å². The molecule has 2 N–H and O–H groups in total. The highest BCUT2D eigenvalue weighted by atomic mass is 16.5. The molecular weight excluding hydrogens is 368 g/mol. The van der Waals surface area contributed by atoms with Crippen LogP contribution in [0.15, 0.2) is 30.5 Å². The van der Waals surface area contributed by atoms with Crippen molar-refractivity contribution < 1.29 is 14.3 Å². The molecule has 0 saturated carbocycles. The maximum atomic E-state index is 12.7. The molecule has 29 heavy (non-hydrogen) atoms. The number of likely N-dealkylation sites (tertiary alicyclic amines) is 1. The highest BCUT2D eigenvalue weighted by molar-refractivity contribution is 5.85. The third-order valence-corrected chi connectivity index (χ3v) is 6.02. The van der Waals surface area contributed by atoms with E-state index >= 15 is 0 Å². The van der Waals surface area contributed by atoms with Crippen LogP contribution in [0.25, 0.3) is 10.9 Å². The van der Waals surface area contributed by atoms with Gasteiger partial charge >= 0.3 is 0 Å². The van der Waals surface area contributed by atoms with Crippen molar-refractivity contribution in [3.63, 3.8) is 0 Å². The third kappa shape index (κ3) is 4.97. The summed E-state index contributed by atoms with van der Waals surface area (Å²) >= 11 is 0. The molecule has 2 amide bonds. The summed E-state index contributed by atoms with van der Waals surface area (Å²) in [5, 5.41) is 4.22. The van der Waals surface area contributed by atoms with Gasteiger partial charge in [0.2, 0.25) is 11.8 Å². The van der Waals surface area contributed by atoms with E-state index in [0.29, 0.717) is 25.9 Å². The van der Waals surface area contributed by atoms with Crippen LogP contribution in [0.5, 0.6) is 0 Å². The molecule has 0 radical (unpaired) electrons. The summed E-state index contributed by atoms with van der Waals surface area (Å²) in [4.78, 5) is 32.5. The lowest BCUT2D eigenvalue weighted by Gasteiger charge is -2.33. The van der Waals surface area contributed by atoms with Gasteiger partial charge < -0.3 is 19.9 Å². The first-order chi connectivity index (χ1) is 14.2. The lowest BCUT2D eigenvalue weighted by molar-refractivity contribution is -0.138. The van der Waals surface area contributed by atoms with Gasteiger partial charge in [0, 0.05) is 62.8 Å². The van der Waals surface area contributed by atoms with Crippen LogP contribution in [-0.2, 0) is 20.9 Å². The first-order valence-corrected chi connectivity index (χ1v) is 10.6. The molecule has 0 aliphatic carbocycles. The molecule has 156 valence electrons. The van der Waals surface area contributed by atoms with Gasteiger partial charge in [0.25, 0.3) is 0 Å². The van der Waals surface area contributed by atoms with E-state index in [1.54, 1.807) is 0 Å². The minimum atomic E-state index is -0.124. The number of hydrogen-bond donors (Lipinski definition) is 2. The van der Waals surface area contributed by atoms with Gasteiger partial charge in [-0.15, -0.1) is 0 Å². The Hall–Kier alpha value is -2.38. The Morgan fingerprint density at radius 1 is 1.21 bits per heavy atom. The number of carbonyl (C=O) groups excluding carboxylic acids is 2. The fraction of sp³-hybridized carbons (Fsp3) is 0.545. The molecule has 1 aromatic carbocycles. The number of rotatable bonds is 7. The van der Waals surface area contributed by atoms with Gasteiger partial charge in [-0.1, -0.05) is 12.1 Å². The number of ether oxygens (including phenoxy) is 1. The first-order valence-electron chi connectivity index (χ1n) is 10.6. The third-order valence-electron chi connectivity index (χ3n) is 6.02. The number of fused-ring (bicyclic) bond motifs is 1. The number of benzene rings is 1. The Labute approximate surface area is 171 Å². The molecule has 4 rings (SSSR count). The predicted octanol–water partition coefficient (Wildman–Crippen LogP) is 1.74. The monoisotopic (exact) mass is 398 g/mol. The van der Waals surface area contributed by atoms with Crippen LogP contribution in [0, 0.1) is 5.92 Å². The minimum absolute atomic E-state index is 0.0446. The molecule has 2 aliphatic rings. The van der Waals surface area contributed by atoms with Gasteiger partial charge in [0.1, 0.15) is 0 Å². The second-order valence-electron chi connectivity index (χ2n) is 7.96. The van der Waals surface area contributed by atoms with Gasteiger partial charge in [-0.05, 0) is 30.5 Å². The molecule has 7 nitrogen and oxygen atoms in total. The molecule has 2 saturated heterocycles. The molecule has 0 unspecified atom stereocenters. The first kappa shape index (κ1) is 19.9. The zero-order valence-corrected chi connectivity index (χ0v) is 16.9. The second-order valence-corrected chi connectivity index (χ2v) is 7.96. The largest absolute Gasteiger partial charge is 0.379 e. The fourth-order valence-electron chi connectivity index (χ4n) is 4.29. The summed E-state index contributed by atoms with van der Waals surface area (Å²) in [5.41, 5.74) is 2.18. The number of aromatic nitrogens is 1. The van der Waals surface area contributed by atoms with Crippen molar-refractivity contribution in [1.29, 1.82) is 0 Å². The number of carbonyl (C=O) groups is 2. The zero-order chi connectivity index (χ0) is 20.1. The number of nitrogens with zero attached hydrogens (tertiary/aromatic N) is 2. The van der Waals surface area contributed by atoms with Crippen LogP contribution in [-0.4, -0.2) is 72.5 Å². The van der Waals surface area contributed by atoms with Crippen molar-refractivity contribution >= 4 is 22.7 Å². The number of morpholine rings is 1. The Bertz CT molecular complexity index is 843. The normalized spacial score (nSPS) is 20.9. The van der Waals surface area contributed by atoms with E-state index in [2.05, 4.69) is 15.2 Å². The van der Waals surface area contributed by atoms with Crippen molar-refractivity contribution in [2.45, 2.75) is 25.8 Å². The average Bonchev–Trinajstić information content (AvgIpc) is 3.23. The topological polar surface area (TPSA) is 77.7 Å². The zero-order valence-electron chi connectivity index (χ0n) is 16.9. The molecule has 3 heterocycles. The van der Waals surface area contributed by atoms with Crippen LogP contribution in [0.4, 0.5) is 0 Å². The maximum Gasteiger partial charge on any atom is 0.225 e. The molecule has 2 fully saturated rings. The number of amides is 2. The van der Waals surface area contributed by atoms with Crippen molar-refractivity contribution in [2.24, 2.45) is 5.92 Å². The minimum Gasteiger partial charge on any atom is -0.379 e. The second kappa shape index (κ2) is 9.41. The molecule has 2 aromatic rings. The van der Waals surface area contributed by atoms with Gasteiger partial charge in [-0.25, -0.2) is 0 Å². The van der Waals surface area contributed by atoms with Gasteiger partial charge in [0.15, 0.2) is 0 Å². The van der Waals surface area contributed by atoms with Crippen molar-refractivity contribution in [3.8, 4) is 0 Å². The van der Waals surface area contributed by atoms with Crippen LogP contribution in [0.2, 0.25) is 0 Å². The number of piperidine rings is 1. The van der Waals surface area contributed by atoms with Gasteiger partial charge in [0.05, 0.1) is 19.1 Å². The van der Waals surface area contributed by atoms with Crippen LogP contribution < -0.4 is 5.32 Å². The van der Waals surface area contributed by atoms with E-state index in [0.717, 1.165) is 62.3 Å². The molecule has 1 aromatic heterocycles. The molecular formula is C22H30N4O3. The summed E-state index contributed by atoms with van der Waals surface area (Å²) in [6, 6.07) is 8.10. The molecule has 1 atom stereocenters. The quantitative estimate of drug-likeness (QED) is 0.745. The highest BCUT2D eigenvalue weighted by Gasteiger charge is 2.30. The van der Waals surface area contributed by atoms with Gasteiger partial charge in [-0.3, -0.25) is 14.5 Å². The summed E-state index contributed by atoms with van der Waals surface area (Å²) in [5.74, 6) is 0.0952. The van der Waals surface area contributed by atoms with E-state index in [-0.39, 0.29) is 17.7 Å². The molecule has 0 bridgehead atoms. The average molecular weight is 399 g/mol. The number of H-pyrrole nitrogens is 1. The van der Waals surface area contributed by atoms with Crippen LogP contribution in [0.3, 0.4) is 0 Å². The Morgan fingerprint density at radius 3 is 2.93 bits per heavy atom. The summed E-state index contributed by atoms with van der Waals surface area (Å²) in [6.07, 6.45) is 3.95. The molecule has 7 heteroatoms. The van der Waals surface area contributed by atoms with E-state index in [9.17, 15) is 9.59 Å². The molecule has 0 spiro atoms. The van der Waals surface area contributed by atoms with Crippen molar-refractivity contribution in [1.82, 2.24) is 20.1 Å². The summed E-state index contributed by atoms with van der Waals surface area (Å²) in [7, 11) is 0. The Balaban J connectivity index is 1.26. The van der Waals surface area contributed by atoms with Crippen LogP contribution in [0.1, 0.15) is 24.8 Å². The SMILES string of the molecule is O=C(NCc1cccc2[nH]ccc12)[C@H]1CCC(=O)N(CCCN2CCOCC2)C1. The van der Waals surface area contributed by atoms with Gasteiger partial charge in [-0.2, -0.15) is 0 Å². The van der Waals surface area contributed by atoms with Crippen molar-refractivity contribution in [3.05, 3.63) is 36.0 Å². The Kier molecular flexibility index (Phi) is 6.46. The highest BCUT2D eigenvalue weighted by Crippen LogP contribution is 2.20. The van der Waals surface area contributed by atoms with E-state index in [1.165, 1.54) is 0 Å². The fourth-order valence-corrected chi connectivity index (χ4v) is 4.29. The van der Waals surface area contributed by atoms with E-state index < -0.39 is 0 Å². The lowest BCUT2D eigenvalue weighted by Crippen LogP contribution is -2.46. The van der Waals surface area contributed by atoms with Crippen LogP contribution >= 0.6 is 0 Å². The standard InChI is InChI=1S/C22H30N4O3/c27-21-6-5-18(16-26(21)10-2-9-25-11-13-29-14-12-25)22(28)24-15-17-3-1-4-20-19(17)7-8-23-20/h1,3-4,7-8,18,23H,2,5-6,9-16H2,(H,24,28)/t18-/m0/s1. The maximum absolute atomic E-state index is 12.7. The number of hydrogen-bond acceptors (Lipinski definition) is 4. The summed E-state index contributed by atoms with van der Waals surface area (Å²) < 4.78 is 5.38. The van der Waals surface area contributed by atoms with E-state index in [1.807, 2.05) is 35.4 Å². The lowest BCUT2D eigenvalue weighted by atomic mass is 9.96. The van der Waals surface area contributed by atoms with E-state index in [4.69, 9.17) is 4.74 Å².